The number of carboxylic acids is 1. The van der Waals surface area contributed by atoms with Crippen molar-refractivity contribution < 1.29 is 54.2 Å². The third kappa shape index (κ3) is 92.4. The van der Waals surface area contributed by atoms with Crippen LogP contribution in [0.15, 0.2) is 0 Å². The molecule has 0 aromatic carbocycles. The molecule has 0 spiro atoms. The van der Waals surface area contributed by atoms with Crippen molar-refractivity contribution in [3.05, 3.63) is 0 Å². The Morgan fingerprint density at radius 3 is 1.56 bits per heavy atom. The molecule has 0 bridgehead atoms. The Morgan fingerprint density at radius 2 is 1.56 bits per heavy atom. The number of aliphatic carboxylic acids is 1. The van der Waals surface area contributed by atoms with Crippen molar-refractivity contribution in [2.75, 3.05) is 0 Å². The summed E-state index contributed by atoms with van der Waals surface area (Å²) in [5.74, 6) is -1.68. The van der Waals surface area contributed by atoms with Crippen LogP contribution in [0.2, 0.25) is 0 Å². The average Bonchev–Trinajstić information content (AvgIpc) is 1.69. The van der Waals surface area contributed by atoms with Crippen LogP contribution in [0.1, 0.15) is 0 Å². The first-order valence-corrected chi connectivity index (χ1v) is 1.43. The summed E-state index contributed by atoms with van der Waals surface area (Å²) >= 11 is 0. The van der Waals surface area contributed by atoms with Gasteiger partial charge in [0, 0.05) is 0 Å². The molecule has 5 nitrogen and oxygen atoms in total. The molecule has 0 aliphatic rings. The minimum Gasteiger partial charge on any atom is -0.542 e. The molecule has 46 valence electrons. The molecule has 9 heavy (non-hydrogen) atoms. The van der Waals surface area contributed by atoms with Crippen LogP contribution in [-0.2, 0) is 14.4 Å². The molecule has 0 saturated carbocycles. The maximum atomic E-state index is 8.89. The van der Waals surface area contributed by atoms with Crippen LogP contribution in [0.3, 0.4) is 0 Å². The van der Waals surface area contributed by atoms with Gasteiger partial charge in [-0.15, -0.1) is 0 Å². The Balaban J connectivity index is -0.0000000800. The van der Waals surface area contributed by atoms with Gasteiger partial charge in [0.2, 0.25) is 0 Å². The predicted octanol–water partition coefficient (Wildman–Crippen LogP) is -5.36. The van der Waals surface area contributed by atoms with E-state index in [9.17, 15) is 0 Å². The van der Waals surface area contributed by atoms with Crippen molar-refractivity contribution in [1.29, 1.82) is 0 Å². The Labute approximate surface area is 73.0 Å². The van der Waals surface area contributed by atoms with E-state index in [1.54, 1.807) is 0 Å². The molecule has 0 rings (SSSR count). The van der Waals surface area contributed by atoms with Gasteiger partial charge in [0.25, 0.3) is 6.47 Å². The van der Waals surface area contributed by atoms with Gasteiger partial charge in [-0.3, -0.25) is 9.59 Å². The van der Waals surface area contributed by atoms with Gasteiger partial charge in [0.1, 0.15) is 5.97 Å². The zero-order valence-electron chi connectivity index (χ0n) is 4.73. The third-order valence-electron chi connectivity index (χ3n) is 0.0962. The van der Waals surface area contributed by atoms with E-state index in [-0.39, 0.29) is 42.3 Å². The minimum absolute atomic E-state index is 0. The van der Waals surface area contributed by atoms with Crippen molar-refractivity contribution in [1.82, 2.24) is 0 Å². The van der Waals surface area contributed by atoms with Crippen LogP contribution in [0.25, 0.3) is 0 Å². The van der Waals surface area contributed by atoms with E-state index >= 15 is 0 Å². The second-order valence-corrected chi connectivity index (χ2v) is 0.542. The molecule has 6 heteroatoms. The van der Waals surface area contributed by atoms with Crippen LogP contribution in [0.4, 0.5) is 0 Å². The molecule has 0 saturated heterocycles. The first kappa shape index (κ1) is 15.8. The van der Waals surface area contributed by atoms with Crippen LogP contribution < -0.4 is 34.7 Å². The topological polar surface area (TPSA) is 94.5 Å². The molecule has 0 aromatic rings. The number of carbonyl (C=O) groups is 3. The van der Waals surface area contributed by atoms with E-state index in [0.29, 0.717) is 0 Å². The first-order valence-electron chi connectivity index (χ1n) is 1.43. The number of hydrogen-bond donors (Lipinski definition) is 1. The molecule has 0 heterocycles. The van der Waals surface area contributed by atoms with E-state index in [1.165, 1.54) is 0 Å². The van der Waals surface area contributed by atoms with E-state index < -0.39 is 5.97 Å². The summed E-state index contributed by atoms with van der Waals surface area (Å²) in [5.41, 5.74) is 0. The standard InChI is InChI=1S/C2H2O3.CH2O2.Na/c3-1-2(4)5;2-1-3;/h1H,(H,4,5);1H,(H,2,3);/q;;+1/p-1. The fourth-order valence-electron chi connectivity index (χ4n) is 0. The van der Waals surface area contributed by atoms with Gasteiger partial charge < -0.3 is 15.0 Å². The average molecular weight is 142 g/mol. The van der Waals surface area contributed by atoms with Crippen molar-refractivity contribution in [2.45, 2.75) is 0 Å². The van der Waals surface area contributed by atoms with E-state index in [1.807, 2.05) is 0 Å². The molecule has 0 amide bonds. The molecule has 0 fully saturated rings. The Bertz CT molecular complexity index is 90.2. The molecular weight excluding hydrogens is 139 g/mol. The molecular formula is C3H3NaO5. The SMILES string of the molecule is O=CC(=O)[O-].O=CO.[Na+]. The summed E-state index contributed by atoms with van der Waals surface area (Å²) in [4.78, 5) is 26.1. The summed E-state index contributed by atoms with van der Waals surface area (Å²) in [5, 5.41) is 15.8. The molecule has 0 aromatic heterocycles. The van der Waals surface area contributed by atoms with Crippen LogP contribution in [-0.4, -0.2) is 23.8 Å². The van der Waals surface area contributed by atoms with Gasteiger partial charge in [-0.2, -0.15) is 0 Å². The van der Waals surface area contributed by atoms with Gasteiger partial charge in [-0.1, -0.05) is 0 Å². The maximum absolute atomic E-state index is 8.89. The zero-order chi connectivity index (χ0) is 6.99. The van der Waals surface area contributed by atoms with Crippen molar-refractivity contribution in [2.24, 2.45) is 0 Å². The second kappa shape index (κ2) is 15.6. The van der Waals surface area contributed by atoms with Crippen LogP contribution in [0, 0.1) is 0 Å². The second-order valence-electron chi connectivity index (χ2n) is 0.542. The molecule has 0 unspecified atom stereocenters. The summed E-state index contributed by atoms with van der Waals surface area (Å²) < 4.78 is 0. The Kier molecular flexibility index (Phi) is 27.5. The van der Waals surface area contributed by atoms with Crippen LogP contribution >= 0.6 is 0 Å². The zero-order valence-corrected chi connectivity index (χ0v) is 6.73. The Hall–Kier alpha value is -0.390. The van der Waals surface area contributed by atoms with Gasteiger partial charge in [0.05, 0.1) is 0 Å². The molecule has 0 aliphatic carbocycles. The van der Waals surface area contributed by atoms with Crippen molar-refractivity contribution in [3.8, 4) is 0 Å². The summed E-state index contributed by atoms with van der Waals surface area (Å²) in [7, 11) is 0. The van der Waals surface area contributed by atoms with Gasteiger partial charge in [-0.05, 0) is 0 Å². The smallest absolute Gasteiger partial charge is 0.542 e. The fraction of sp³-hybridized carbons (Fsp3) is 0. The van der Waals surface area contributed by atoms with E-state index in [2.05, 4.69) is 0 Å². The summed E-state index contributed by atoms with van der Waals surface area (Å²) in [6.07, 6.45) is -0.278. The number of aldehydes is 1. The van der Waals surface area contributed by atoms with Crippen molar-refractivity contribution >= 4 is 18.7 Å². The predicted molar refractivity (Wildman–Crippen MR) is 19.8 cm³/mol. The molecule has 0 atom stereocenters. The monoisotopic (exact) mass is 142 g/mol. The van der Waals surface area contributed by atoms with E-state index in [4.69, 9.17) is 24.6 Å². The Morgan fingerprint density at radius 1 is 1.44 bits per heavy atom. The van der Waals surface area contributed by atoms with Gasteiger partial charge >= 0.3 is 29.6 Å². The maximum Gasteiger partial charge on any atom is 1.00 e. The summed E-state index contributed by atoms with van der Waals surface area (Å²) in [6.45, 7) is -0.250. The van der Waals surface area contributed by atoms with Gasteiger partial charge in [0.15, 0.2) is 6.29 Å². The number of carboxylic acid groups (broad SMARTS) is 2. The summed E-state index contributed by atoms with van der Waals surface area (Å²) in [6, 6.07) is 0. The third-order valence-corrected chi connectivity index (χ3v) is 0.0962. The number of carbonyl (C=O) groups excluding carboxylic acids is 2. The number of hydrogen-bond acceptors (Lipinski definition) is 4. The van der Waals surface area contributed by atoms with Crippen LogP contribution in [0.5, 0.6) is 0 Å². The fourth-order valence-corrected chi connectivity index (χ4v) is 0. The largest absolute Gasteiger partial charge is 1.00 e. The molecule has 0 radical (unpaired) electrons. The van der Waals surface area contributed by atoms with Gasteiger partial charge in [-0.25, -0.2) is 0 Å². The molecule has 1 N–H and O–H groups in total. The normalized spacial score (nSPS) is 4.89. The minimum atomic E-state index is -1.68. The first-order chi connectivity index (χ1) is 3.68. The quantitative estimate of drug-likeness (QED) is 0.224. The number of rotatable bonds is 1. The molecule has 0 aliphatic heterocycles. The van der Waals surface area contributed by atoms with E-state index in [0.717, 1.165) is 0 Å². The van der Waals surface area contributed by atoms with Crippen molar-refractivity contribution in [3.63, 3.8) is 0 Å².